The van der Waals surface area contributed by atoms with E-state index in [1.165, 1.54) is 6.26 Å². The summed E-state index contributed by atoms with van der Waals surface area (Å²) in [4.78, 5) is 9.31. The number of ether oxygens (including phenoxy) is 1. The number of benzene rings is 1. The maximum atomic E-state index is 11.6. The van der Waals surface area contributed by atoms with E-state index in [4.69, 9.17) is 4.74 Å². The summed E-state index contributed by atoms with van der Waals surface area (Å²) < 4.78 is 28.9. The Labute approximate surface area is 179 Å². The average molecular weight is 433 g/mol. The summed E-state index contributed by atoms with van der Waals surface area (Å²) in [5.74, 6) is 1.35. The predicted octanol–water partition coefficient (Wildman–Crippen LogP) is 2.96. The molecule has 164 valence electrons. The lowest BCUT2D eigenvalue weighted by atomic mass is 10.1. The number of nitrogens with zero attached hydrogens (tertiary/aromatic N) is 2. The fourth-order valence-electron chi connectivity index (χ4n) is 2.72. The second-order valence-corrected chi connectivity index (χ2v) is 8.97. The Morgan fingerprint density at radius 3 is 2.57 bits per heavy atom. The first-order valence-corrected chi connectivity index (χ1v) is 12.2. The van der Waals surface area contributed by atoms with Gasteiger partial charge in [0, 0.05) is 31.1 Å². The van der Waals surface area contributed by atoms with Crippen LogP contribution in [0.1, 0.15) is 37.8 Å². The maximum absolute atomic E-state index is 11.6. The number of aliphatic imine (C=N–C) groups is 1. The van der Waals surface area contributed by atoms with Crippen molar-refractivity contribution < 1.29 is 13.2 Å². The predicted molar refractivity (Wildman–Crippen MR) is 121 cm³/mol. The number of sulfone groups is 1. The van der Waals surface area contributed by atoms with Gasteiger partial charge in [-0.3, -0.25) is 0 Å². The third-order valence-corrected chi connectivity index (χ3v) is 5.52. The first-order chi connectivity index (χ1) is 14.4. The molecule has 8 heteroatoms. The highest BCUT2D eigenvalue weighted by atomic mass is 32.2. The lowest BCUT2D eigenvalue weighted by Crippen LogP contribution is -2.38. The molecule has 0 radical (unpaired) electrons. The molecule has 1 heterocycles. The minimum atomic E-state index is -3.17. The summed E-state index contributed by atoms with van der Waals surface area (Å²) in [6.07, 6.45) is 5.77. The van der Waals surface area contributed by atoms with Crippen LogP contribution in [0.4, 0.5) is 0 Å². The molecule has 2 rings (SSSR count). The second kappa shape index (κ2) is 12.2. The maximum Gasteiger partial charge on any atom is 0.218 e. The molecule has 0 aliphatic heterocycles. The van der Waals surface area contributed by atoms with Gasteiger partial charge in [0.15, 0.2) is 15.8 Å². The molecule has 0 saturated heterocycles. The Hall–Kier alpha value is -2.61. The molecule has 0 fully saturated rings. The van der Waals surface area contributed by atoms with E-state index in [2.05, 4.69) is 27.5 Å². The Bertz CT molecular complexity index is 912. The van der Waals surface area contributed by atoms with Crippen LogP contribution in [0.15, 0.2) is 52.5 Å². The topological polar surface area (TPSA) is 92.7 Å². The van der Waals surface area contributed by atoms with E-state index < -0.39 is 9.84 Å². The van der Waals surface area contributed by atoms with Crippen molar-refractivity contribution in [1.29, 1.82) is 0 Å². The third kappa shape index (κ3) is 8.02. The zero-order valence-electron chi connectivity index (χ0n) is 18.0. The van der Waals surface area contributed by atoms with E-state index in [1.807, 2.05) is 31.2 Å². The summed E-state index contributed by atoms with van der Waals surface area (Å²) in [6.45, 7) is 6.69. The molecule has 7 nitrogen and oxygen atoms in total. The van der Waals surface area contributed by atoms with E-state index in [-0.39, 0.29) is 0 Å². The molecule has 1 aromatic carbocycles. The Kier molecular flexibility index (Phi) is 9.60. The van der Waals surface area contributed by atoms with E-state index in [0.29, 0.717) is 36.4 Å². The van der Waals surface area contributed by atoms with Crippen LogP contribution < -0.4 is 15.4 Å². The highest BCUT2D eigenvalue weighted by Gasteiger charge is 2.07. The quantitative estimate of drug-likeness (QED) is 0.322. The van der Waals surface area contributed by atoms with Crippen molar-refractivity contribution in [2.45, 2.75) is 44.6 Å². The highest BCUT2D eigenvalue weighted by molar-refractivity contribution is 7.90. The summed E-state index contributed by atoms with van der Waals surface area (Å²) in [5.41, 5.74) is 2.01. The van der Waals surface area contributed by atoms with Gasteiger partial charge in [-0.05, 0) is 43.5 Å². The van der Waals surface area contributed by atoms with Crippen molar-refractivity contribution in [3.63, 3.8) is 0 Å². The van der Waals surface area contributed by atoms with Crippen molar-refractivity contribution in [2.75, 3.05) is 26.0 Å². The minimum absolute atomic E-state index is 0.336. The van der Waals surface area contributed by atoms with Crippen LogP contribution in [0.5, 0.6) is 5.88 Å². The molecule has 0 saturated carbocycles. The van der Waals surface area contributed by atoms with E-state index in [1.54, 1.807) is 18.3 Å². The average Bonchev–Trinajstić information content (AvgIpc) is 2.73. The molecule has 0 amide bonds. The molecular weight excluding hydrogens is 400 g/mol. The molecular formula is C22H32N4O3S. The zero-order valence-corrected chi connectivity index (χ0v) is 18.8. The summed E-state index contributed by atoms with van der Waals surface area (Å²) >= 11 is 0. The van der Waals surface area contributed by atoms with Gasteiger partial charge in [-0.25, -0.2) is 18.4 Å². The lowest BCUT2D eigenvalue weighted by Gasteiger charge is -2.12. The smallest absolute Gasteiger partial charge is 0.218 e. The first kappa shape index (κ1) is 23.7. The number of guanidine groups is 1. The molecule has 0 spiro atoms. The van der Waals surface area contributed by atoms with E-state index in [0.717, 1.165) is 36.9 Å². The normalized spacial score (nSPS) is 11.9. The van der Waals surface area contributed by atoms with Gasteiger partial charge in [0.2, 0.25) is 5.88 Å². The Balaban J connectivity index is 1.93. The zero-order chi connectivity index (χ0) is 21.8. The standard InChI is InChI=1S/C22H32N4O3S/c1-4-6-16-29-21-19(8-7-14-24-21)17-26-22(23-5-2)25-15-13-18-9-11-20(12-10-18)30(3,27)28/h7-12,14H,4-6,13,15-17H2,1-3H3,(H2,23,25,26). The molecule has 2 N–H and O–H groups in total. The van der Waals surface area contributed by atoms with Gasteiger partial charge in [-0.2, -0.15) is 0 Å². The number of hydrogen-bond acceptors (Lipinski definition) is 5. The fourth-order valence-corrected chi connectivity index (χ4v) is 3.35. The van der Waals surface area contributed by atoms with Gasteiger partial charge < -0.3 is 15.4 Å². The van der Waals surface area contributed by atoms with Crippen LogP contribution in [0.3, 0.4) is 0 Å². The van der Waals surface area contributed by atoms with E-state index in [9.17, 15) is 8.42 Å². The first-order valence-electron chi connectivity index (χ1n) is 10.3. The monoisotopic (exact) mass is 432 g/mol. The fraction of sp³-hybridized carbons (Fsp3) is 0.455. The van der Waals surface area contributed by atoms with Gasteiger partial charge in [-0.1, -0.05) is 31.5 Å². The van der Waals surface area contributed by atoms with Gasteiger partial charge in [0.25, 0.3) is 0 Å². The Morgan fingerprint density at radius 2 is 1.90 bits per heavy atom. The van der Waals surface area contributed by atoms with Crippen molar-refractivity contribution >= 4 is 15.8 Å². The van der Waals surface area contributed by atoms with Crippen molar-refractivity contribution in [3.8, 4) is 5.88 Å². The molecule has 0 unspecified atom stereocenters. The van der Waals surface area contributed by atoms with Gasteiger partial charge >= 0.3 is 0 Å². The number of pyridine rings is 1. The highest BCUT2D eigenvalue weighted by Crippen LogP contribution is 2.16. The summed E-state index contributed by atoms with van der Waals surface area (Å²) in [7, 11) is -3.17. The SMILES string of the molecule is CCCCOc1ncccc1CN=C(NCC)NCCc1ccc(S(C)(=O)=O)cc1. The van der Waals surface area contributed by atoms with Crippen molar-refractivity contribution in [3.05, 3.63) is 53.7 Å². The molecule has 0 atom stereocenters. The molecule has 0 aliphatic carbocycles. The molecule has 30 heavy (non-hydrogen) atoms. The van der Waals surface area contributed by atoms with Crippen molar-refractivity contribution in [2.24, 2.45) is 4.99 Å². The molecule has 0 bridgehead atoms. The van der Waals surface area contributed by atoms with Gasteiger partial charge in [-0.15, -0.1) is 0 Å². The summed E-state index contributed by atoms with van der Waals surface area (Å²) in [6, 6.07) is 10.8. The third-order valence-electron chi connectivity index (χ3n) is 4.40. The van der Waals surface area contributed by atoms with Crippen molar-refractivity contribution in [1.82, 2.24) is 15.6 Å². The number of nitrogens with one attached hydrogen (secondary N) is 2. The second-order valence-electron chi connectivity index (χ2n) is 6.96. The number of aromatic nitrogens is 1. The molecule has 1 aromatic heterocycles. The number of rotatable bonds is 11. The largest absolute Gasteiger partial charge is 0.477 e. The van der Waals surface area contributed by atoms with Crippen LogP contribution >= 0.6 is 0 Å². The lowest BCUT2D eigenvalue weighted by molar-refractivity contribution is 0.294. The van der Waals surface area contributed by atoms with Gasteiger partial charge in [0.05, 0.1) is 18.0 Å². The minimum Gasteiger partial charge on any atom is -0.477 e. The number of hydrogen-bond donors (Lipinski definition) is 2. The Morgan fingerprint density at radius 1 is 1.13 bits per heavy atom. The van der Waals surface area contributed by atoms with Gasteiger partial charge in [0.1, 0.15) is 0 Å². The number of unbranched alkanes of at least 4 members (excludes halogenated alkanes) is 1. The van der Waals surface area contributed by atoms with Crippen LogP contribution in [-0.2, 0) is 22.8 Å². The summed E-state index contributed by atoms with van der Waals surface area (Å²) in [5, 5.41) is 6.55. The van der Waals surface area contributed by atoms with E-state index >= 15 is 0 Å². The van der Waals surface area contributed by atoms with Crippen LogP contribution in [0.2, 0.25) is 0 Å². The molecule has 2 aromatic rings. The van der Waals surface area contributed by atoms with Crippen LogP contribution in [-0.4, -0.2) is 45.3 Å². The molecule has 0 aliphatic rings. The van der Waals surface area contributed by atoms with Crippen LogP contribution in [0.25, 0.3) is 0 Å². The van der Waals surface area contributed by atoms with Crippen LogP contribution in [0, 0.1) is 0 Å².